The lowest BCUT2D eigenvalue weighted by Gasteiger charge is -2.51. The predicted molar refractivity (Wildman–Crippen MR) is 50.2 cm³/mol. The molecule has 2 nitrogen and oxygen atoms in total. The van der Waals surface area contributed by atoms with E-state index in [1.165, 1.54) is 0 Å². The van der Waals surface area contributed by atoms with E-state index in [4.69, 9.17) is 0 Å². The molecule has 2 N–H and O–H groups in total. The molecule has 1 fully saturated rings. The molecule has 1 aromatic rings. The van der Waals surface area contributed by atoms with E-state index in [0.29, 0.717) is 12.8 Å². The first-order valence-electron chi connectivity index (χ1n) is 4.57. The highest BCUT2D eigenvalue weighted by atomic mass is 16.4. The van der Waals surface area contributed by atoms with Gasteiger partial charge >= 0.3 is 0 Å². The topological polar surface area (TPSA) is 40.5 Å². The lowest BCUT2D eigenvalue weighted by atomic mass is 9.63. The zero-order chi connectivity index (χ0) is 9.53. The normalized spacial score (nSPS) is 38.4. The Morgan fingerprint density at radius 2 is 1.69 bits per heavy atom. The third-order valence-corrected chi connectivity index (χ3v) is 3.12. The van der Waals surface area contributed by atoms with Crippen molar-refractivity contribution in [1.82, 2.24) is 0 Å². The van der Waals surface area contributed by atoms with Crippen molar-refractivity contribution in [3.05, 3.63) is 35.9 Å². The van der Waals surface area contributed by atoms with Gasteiger partial charge in [-0.1, -0.05) is 30.3 Å². The van der Waals surface area contributed by atoms with Crippen LogP contribution in [0.1, 0.15) is 25.3 Å². The SMILES string of the molecule is C[C@]1(O)CC[C@]1(O)c1ccccc1. The second kappa shape index (κ2) is 2.56. The Labute approximate surface area is 77.8 Å². The van der Waals surface area contributed by atoms with Crippen molar-refractivity contribution in [3.63, 3.8) is 0 Å². The summed E-state index contributed by atoms with van der Waals surface area (Å²) in [5.74, 6) is 0. The minimum Gasteiger partial charge on any atom is -0.387 e. The van der Waals surface area contributed by atoms with E-state index in [9.17, 15) is 10.2 Å². The molecule has 1 aromatic carbocycles. The van der Waals surface area contributed by atoms with Gasteiger partial charge in [-0.05, 0) is 25.3 Å². The minimum absolute atomic E-state index is 0.643. The molecule has 1 aliphatic rings. The Hall–Kier alpha value is -0.860. The first-order valence-corrected chi connectivity index (χ1v) is 4.57. The monoisotopic (exact) mass is 178 g/mol. The molecule has 0 heterocycles. The molecular formula is C11H14O2. The Morgan fingerprint density at radius 1 is 1.08 bits per heavy atom. The van der Waals surface area contributed by atoms with E-state index in [1.54, 1.807) is 6.92 Å². The van der Waals surface area contributed by atoms with Gasteiger partial charge in [-0.2, -0.15) is 0 Å². The molecule has 0 aromatic heterocycles. The van der Waals surface area contributed by atoms with Gasteiger partial charge < -0.3 is 10.2 Å². The van der Waals surface area contributed by atoms with Crippen LogP contribution in [0, 0.1) is 0 Å². The fourth-order valence-corrected chi connectivity index (χ4v) is 1.89. The maximum absolute atomic E-state index is 10.2. The Kier molecular flexibility index (Phi) is 1.72. The molecule has 1 aliphatic carbocycles. The van der Waals surface area contributed by atoms with Crippen molar-refractivity contribution in [3.8, 4) is 0 Å². The standard InChI is InChI=1S/C11H14O2/c1-10(12)7-8-11(10,13)9-5-3-2-4-6-9/h2-6,12-13H,7-8H2,1H3/t10-,11-/m0/s1. The van der Waals surface area contributed by atoms with Gasteiger partial charge in [0.05, 0.1) is 5.60 Å². The van der Waals surface area contributed by atoms with Crippen molar-refractivity contribution in [1.29, 1.82) is 0 Å². The Bertz CT molecular complexity index is 305. The average molecular weight is 178 g/mol. The van der Waals surface area contributed by atoms with Crippen LogP contribution < -0.4 is 0 Å². The van der Waals surface area contributed by atoms with Gasteiger partial charge in [-0.15, -0.1) is 0 Å². The first-order chi connectivity index (χ1) is 6.06. The second-order valence-electron chi connectivity index (χ2n) is 4.00. The van der Waals surface area contributed by atoms with E-state index < -0.39 is 11.2 Å². The molecule has 13 heavy (non-hydrogen) atoms. The van der Waals surface area contributed by atoms with Crippen molar-refractivity contribution < 1.29 is 10.2 Å². The quantitative estimate of drug-likeness (QED) is 0.682. The molecule has 1 saturated carbocycles. The molecule has 0 amide bonds. The van der Waals surface area contributed by atoms with Crippen molar-refractivity contribution in [2.45, 2.75) is 31.0 Å². The van der Waals surface area contributed by atoms with Crippen LogP contribution in [-0.2, 0) is 5.60 Å². The van der Waals surface area contributed by atoms with Crippen LogP contribution in [0.25, 0.3) is 0 Å². The summed E-state index contributed by atoms with van der Waals surface area (Å²) < 4.78 is 0. The maximum Gasteiger partial charge on any atom is 0.118 e. The molecular weight excluding hydrogens is 164 g/mol. The second-order valence-corrected chi connectivity index (χ2v) is 4.00. The van der Waals surface area contributed by atoms with E-state index in [-0.39, 0.29) is 0 Å². The third-order valence-electron chi connectivity index (χ3n) is 3.12. The Balaban J connectivity index is 2.37. The summed E-state index contributed by atoms with van der Waals surface area (Å²) in [6.07, 6.45) is 1.31. The number of rotatable bonds is 1. The molecule has 0 aliphatic heterocycles. The van der Waals surface area contributed by atoms with Crippen LogP contribution in [0.3, 0.4) is 0 Å². The number of hydrogen-bond donors (Lipinski definition) is 2. The van der Waals surface area contributed by atoms with Gasteiger partial charge in [0.2, 0.25) is 0 Å². The molecule has 0 spiro atoms. The van der Waals surface area contributed by atoms with Crippen molar-refractivity contribution in [2.24, 2.45) is 0 Å². The van der Waals surface area contributed by atoms with E-state index in [0.717, 1.165) is 5.56 Å². The van der Waals surface area contributed by atoms with Crippen LogP contribution in [0.2, 0.25) is 0 Å². The Morgan fingerprint density at radius 3 is 2.08 bits per heavy atom. The molecule has 0 radical (unpaired) electrons. The van der Waals surface area contributed by atoms with Crippen molar-refractivity contribution in [2.75, 3.05) is 0 Å². The van der Waals surface area contributed by atoms with E-state index in [1.807, 2.05) is 30.3 Å². The van der Waals surface area contributed by atoms with Crippen LogP contribution >= 0.6 is 0 Å². The fourth-order valence-electron chi connectivity index (χ4n) is 1.89. The zero-order valence-corrected chi connectivity index (χ0v) is 7.70. The smallest absolute Gasteiger partial charge is 0.118 e. The van der Waals surface area contributed by atoms with Gasteiger partial charge in [-0.3, -0.25) is 0 Å². The average Bonchev–Trinajstić information content (AvgIpc) is 2.16. The van der Waals surface area contributed by atoms with Gasteiger partial charge in [0.25, 0.3) is 0 Å². The zero-order valence-electron chi connectivity index (χ0n) is 7.70. The number of aliphatic hydroxyl groups is 2. The molecule has 2 heteroatoms. The van der Waals surface area contributed by atoms with E-state index >= 15 is 0 Å². The largest absolute Gasteiger partial charge is 0.387 e. The van der Waals surface area contributed by atoms with Gasteiger partial charge in [0.1, 0.15) is 5.60 Å². The van der Waals surface area contributed by atoms with Gasteiger partial charge in [0.15, 0.2) is 0 Å². The maximum atomic E-state index is 10.2. The molecule has 2 atom stereocenters. The van der Waals surface area contributed by atoms with Crippen LogP contribution in [0.5, 0.6) is 0 Å². The lowest BCUT2D eigenvalue weighted by Crippen LogP contribution is -2.58. The highest BCUT2D eigenvalue weighted by molar-refractivity contribution is 5.29. The predicted octanol–water partition coefficient (Wildman–Crippen LogP) is 1.42. The van der Waals surface area contributed by atoms with Crippen LogP contribution in [-0.4, -0.2) is 15.8 Å². The van der Waals surface area contributed by atoms with Gasteiger partial charge in [0, 0.05) is 0 Å². The minimum atomic E-state index is -1.03. The fraction of sp³-hybridized carbons (Fsp3) is 0.455. The molecule has 0 bridgehead atoms. The summed E-state index contributed by atoms with van der Waals surface area (Å²) in [7, 11) is 0. The first kappa shape index (κ1) is 8.73. The summed E-state index contributed by atoms with van der Waals surface area (Å²) in [5, 5.41) is 20.0. The number of benzene rings is 1. The van der Waals surface area contributed by atoms with Crippen molar-refractivity contribution >= 4 is 0 Å². The summed E-state index contributed by atoms with van der Waals surface area (Å²) in [4.78, 5) is 0. The summed E-state index contributed by atoms with van der Waals surface area (Å²) in [6, 6.07) is 9.37. The highest BCUT2D eigenvalue weighted by Gasteiger charge is 2.55. The molecule has 2 rings (SSSR count). The summed E-state index contributed by atoms with van der Waals surface area (Å²) >= 11 is 0. The van der Waals surface area contributed by atoms with Crippen LogP contribution in [0.15, 0.2) is 30.3 Å². The molecule has 0 unspecified atom stereocenters. The van der Waals surface area contributed by atoms with Crippen LogP contribution in [0.4, 0.5) is 0 Å². The highest BCUT2D eigenvalue weighted by Crippen LogP contribution is 2.49. The molecule has 70 valence electrons. The van der Waals surface area contributed by atoms with E-state index in [2.05, 4.69) is 0 Å². The lowest BCUT2D eigenvalue weighted by molar-refractivity contribution is -0.219. The molecule has 0 saturated heterocycles. The summed E-state index contributed by atoms with van der Waals surface area (Å²) in [6.45, 7) is 1.68. The summed E-state index contributed by atoms with van der Waals surface area (Å²) in [5.41, 5.74) is -1.19. The third kappa shape index (κ3) is 1.10. The van der Waals surface area contributed by atoms with Gasteiger partial charge in [-0.25, -0.2) is 0 Å². The number of hydrogen-bond acceptors (Lipinski definition) is 2.